The Hall–Kier alpha value is -1.58. The SMILES string of the molecule is CCCNc1c(F)cccc1C(=O)N(C)CCC(C)C. The molecule has 0 unspecified atom stereocenters. The zero-order valence-corrected chi connectivity index (χ0v) is 12.9. The van der Waals surface area contributed by atoms with Crippen LogP contribution in [0, 0.1) is 11.7 Å². The number of carbonyl (C=O) groups excluding carboxylic acids is 1. The van der Waals surface area contributed by atoms with Crippen molar-refractivity contribution in [1.82, 2.24) is 4.90 Å². The summed E-state index contributed by atoms with van der Waals surface area (Å²) in [7, 11) is 1.76. The lowest BCUT2D eigenvalue weighted by Crippen LogP contribution is -2.29. The van der Waals surface area contributed by atoms with E-state index in [1.54, 1.807) is 24.1 Å². The molecular weight excluding hydrogens is 255 g/mol. The minimum Gasteiger partial charge on any atom is -0.382 e. The summed E-state index contributed by atoms with van der Waals surface area (Å²) in [5.41, 5.74) is 0.723. The Balaban J connectivity index is 2.88. The van der Waals surface area contributed by atoms with Gasteiger partial charge in [-0.05, 0) is 30.9 Å². The Morgan fingerprint density at radius 3 is 2.70 bits per heavy atom. The van der Waals surface area contributed by atoms with Crippen molar-refractivity contribution in [2.75, 3.05) is 25.5 Å². The second-order valence-electron chi connectivity index (χ2n) is 5.50. The van der Waals surface area contributed by atoms with Gasteiger partial charge in [0.2, 0.25) is 0 Å². The van der Waals surface area contributed by atoms with E-state index in [1.165, 1.54) is 6.07 Å². The van der Waals surface area contributed by atoms with Crippen molar-refractivity contribution in [2.24, 2.45) is 5.92 Å². The number of hydrogen-bond acceptors (Lipinski definition) is 2. The largest absolute Gasteiger partial charge is 0.382 e. The first-order chi connectivity index (χ1) is 9.47. The molecule has 0 spiro atoms. The van der Waals surface area contributed by atoms with Gasteiger partial charge in [-0.25, -0.2) is 4.39 Å². The van der Waals surface area contributed by atoms with E-state index in [0.717, 1.165) is 12.8 Å². The van der Waals surface area contributed by atoms with Gasteiger partial charge in [-0.2, -0.15) is 0 Å². The Labute approximate surface area is 121 Å². The molecular formula is C16H25FN2O. The van der Waals surface area contributed by atoms with Gasteiger partial charge in [0.25, 0.3) is 5.91 Å². The molecule has 4 heteroatoms. The summed E-state index contributed by atoms with van der Waals surface area (Å²) in [5, 5.41) is 3.01. The molecule has 1 rings (SSSR count). The van der Waals surface area contributed by atoms with Crippen LogP contribution < -0.4 is 5.32 Å². The van der Waals surface area contributed by atoms with Crippen LogP contribution in [0.5, 0.6) is 0 Å². The summed E-state index contributed by atoms with van der Waals surface area (Å²) >= 11 is 0. The molecule has 0 fully saturated rings. The molecule has 0 bridgehead atoms. The summed E-state index contributed by atoms with van der Waals surface area (Å²) < 4.78 is 13.9. The molecule has 0 aliphatic rings. The lowest BCUT2D eigenvalue weighted by molar-refractivity contribution is 0.0789. The van der Waals surface area contributed by atoms with Crippen LogP contribution in [-0.4, -0.2) is 30.9 Å². The predicted molar refractivity (Wildman–Crippen MR) is 81.6 cm³/mol. The van der Waals surface area contributed by atoms with E-state index in [-0.39, 0.29) is 11.7 Å². The molecule has 0 aliphatic heterocycles. The van der Waals surface area contributed by atoms with Crippen LogP contribution in [0.15, 0.2) is 18.2 Å². The van der Waals surface area contributed by atoms with E-state index >= 15 is 0 Å². The fourth-order valence-electron chi connectivity index (χ4n) is 1.89. The van der Waals surface area contributed by atoms with Crippen molar-refractivity contribution in [3.63, 3.8) is 0 Å². The molecule has 1 aromatic carbocycles. The molecule has 0 heterocycles. The van der Waals surface area contributed by atoms with Crippen LogP contribution in [0.3, 0.4) is 0 Å². The maximum atomic E-state index is 13.9. The number of rotatable bonds is 7. The van der Waals surface area contributed by atoms with Crippen LogP contribution in [0.25, 0.3) is 0 Å². The second-order valence-corrected chi connectivity index (χ2v) is 5.50. The van der Waals surface area contributed by atoms with Gasteiger partial charge in [-0.15, -0.1) is 0 Å². The molecule has 0 aliphatic carbocycles. The normalized spacial score (nSPS) is 10.7. The van der Waals surface area contributed by atoms with Gasteiger partial charge in [-0.3, -0.25) is 4.79 Å². The summed E-state index contributed by atoms with van der Waals surface area (Å²) in [6.45, 7) is 7.57. The fourth-order valence-corrected chi connectivity index (χ4v) is 1.89. The third-order valence-electron chi connectivity index (χ3n) is 3.18. The number of nitrogens with zero attached hydrogens (tertiary/aromatic N) is 1. The minimum atomic E-state index is -0.374. The molecule has 0 atom stereocenters. The van der Waals surface area contributed by atoms with E-state index in [1.807, 2.05) is 6.92 Å². The standard InChI is InChI=1S/C16H25FN2O/c1-5-10-18-15-13(7-6-8-14(15)17)16(20)19(4)11-9-12(2)3/h6-8,12,18H,5,9-11H2,1-4H3. The van der Waals surface area contributed by atoms with Crippen LogP contribution in [0.1, 0.15) is 44.0 Å². The molecule has 1 aromatic rings. The van der Waals surface area contributed by atoms with Gasteiger partial charge in [0.15, 0.2) is 0 Å². The summed E-state index contributed by atoms with van der Waals surface area (Å²) in [6, 6.07) is 4.63. The Morgan fingerprint density at radius 1 is 1.40 bits per heavy atom. The first kappa shape index (κ1) is 16.5. The Bertz CT molecular complexity index is 446. The molecule has 112 valence electrons. The Kier molecular flexibility index (Phi) is 6.49. The van der Waals surface area contributed by atoms with E-state index in [4.69, 9.17) is 0 Å². The molecule has 0 radical (unpaired) electrons. The van der Waals surface area contributed by atoms with Gasteiger partial charge >= 0.3 is 0 Å². The fraction of sp³-hybridized carbons (Fsp3) is 0.562. The first-order valence-electron chi connectivity index (χ1n) is 7.25. The second kappa shape index (κ2) is 7.88. The highest BCUT2D eigenvalue weighted by atomic mass is 19.1. The smallest absolute Gasteiger partial charge is 0.255 e. The Morgan fingerprint density at radius 2 is 2.10 bits per heavy atom. The molecule has 3 nitrogen and oxygen atoms in total. The molecule has 20 heavy (non-hydrogen) atoms. The highest BCUT2D eigenvalue weighted by Crippen LogP contribution is 2.21. The van der Waals surface area contributed by atoms with E-state index in [9.17, 15) is 9.18 Å². The number of carbonyl (C=O) groups is 1. The van der Waals surface area contributed by atoms with E-state index < -0.39 is 0 Å². The summed E-state index contributed by atoms with van der Waals surface area (Å²) in [5.74, 6) is 0.0285. The van der Waals surface area contributed by atoms with Crippen molar-refractivity contribution < 1.29 is 9.18 Å². The minimum absolute atomic E-state index is 0.135. The van der Waals surface area contributed by atoms with Crippen molar-refractivity contribution in [1.29, 1.82) is 0 Å². The average molecular weight is 280 g/mol. The number of anilines is 1. The van der Waals surface area contributed by atoms with Crippen LogP contribution >= 0.6 is 0 Å². The number of benzene rings is 1. The number of nitrogens with one attached hydrogen (secondary N) is 1. The zero-order valence-electron chi connectivity index (χ0n) is 12.9. The van der Waals surface area contributed by atoms with Gasteiger partial charge in [-0.1, -0.05) is 26.8 Å². The van der Waals surface area contributed by atoms with Crippen LogP contribution in [-0.2, 0) is 0 Å². The maximum absolute atomic E-state index is 13.9. The number of halogens is 1. The zero-order chi connectivity index (χ0) is 15.1. The molecule has 1 amide bonds. The number of amides is 1. The third kappa shape index (κ3) is 4.51. The topological polar surface area (TPSA) is 32.3 Å². The third-order valence-corrected chi connectivity index (χ3v) is 3.18. The molecule has 0 aromatic heterocycles. The van der Waals surface area contributed by atoms with Crippen molar-refractivity contribution in [3.05, 3.63) is 29.6 Å². The quantitative estimate of drug-likeness (QED) is 0.824. The monoisotopic (exact) mass is 280 g/mol. The predicted octanol–water partition coefficient (Wildman–Crippen LogP) is 3.77. The van der Waals surface area contributed by atoms with Gasteiger partial charge in [0.1, 0.15) is 5.82 Å². The lowest BCUT2D eigenvalue weighted by Gasteiger charge is -2.20. The average Bonchev–Trinajstić information content (AvgIpc) is 2.42. The lowest BCUT2D eigenvalue weighted by atomic mass is 10.1. The first-order valence-corrected chi connectivity index (χ1v) is 7.25. The number of hydrogen-bond donors (Lipinski definition) is 1. The maximum Gasteiger partial charge on any atom is 0.255 e. The van der Waals surface area contributed by atoms with E-state index in [2.05, 4.69) is 19.2 Å². The van der Waals surface area contributed by atoms with Gasteiger partial charge in [0.05, 0.1) is 11.3 Å². The molecule has 0 saturated heterocycles. The molecule has 1 N–H and O–H groups in total. The van der Waals surface area contributed by atoms with Crippen molar-refractivity contribution in [3.8, 4) is 0 Å². The van der Waals surface area contributed by atoms with Gasteiger partial charge in [0, 0.05) is 20.1 Å². The van der Waals surface area contributed by atoms with Crippen molar-refractivity contribution in [2.45, 2.75) is 33.6 Å². The highest BCUT2D eigenvalue weighted by Gasteiger charge is 2.18. The van der Waals surface area contributed by atoms with E-state index in [0.29, 0.717) is 30.3 Å². The highest BCUT2D eigenvalue weighted by molar-refractivity contribution is 5.99. The summed E-state index contributed by atoms with van der Waals surface area (Å²) in [6.07, 6.45) is 1.82. The summed E-state index contributed by atoms with van der Waals surface area (Å²) in [4.78, 5) is 14.1. The van der Waals surface area contributed by atoms with Gasteiger partial charge < -0.3 is 10.2 Å². The number of para-hydroxylation sites is 1. The van der Waals surface area contributed by atoms with Crippen molar-refractivity contribution >= 4 is 11.6 Å². The van der Waals surface area contributed by atoms with Crippen LogP contribution in [0.2, 0.25) is 0 Å². The van der Waals surface area contributed by atoms with Crippen LogP contribution in [0.4, 0.5) is 10.1 Å². The molecule has 0 saturated carbocycles.